The average Bonchev–Trinajstić information content (AvgIpc) is 2.93. The van der Waals surface area contributed by atoms with Crippen molar-refractivity contribution in [2.45, 2.75) is 38.3 Å². The van der Waals surface area contributed by atoms with Crippen molar-refractivity contribution in [1.29, 1.82) is 0 Å². The van der Waals surface area contributed by atoms with Gasteiger partial charge in [0, 0.05) is 13.2 Å². The van der Waals surface area contributed by atoms with E-state index in [1.807, 2.05) is 4.90 Å². The normalized spacial score (nSPS) is 27.1. The highest BCUT2D eigenvalue weighted by Crippen LogP contribution is 2.30. The highest BCUT2D eigenvalue weighted by molar-refractivity contribution is 5.82. The van der Waals surface area contributed by atoms with Crippen LogP contribution in [0.25, 0.3) is 0 Å². The van der Waals surface area contributed by atoms with Crippen molar-refractivity contribution >= 4 is 5.91 Å². The topological polar surface area (TPSA) is 29.5 Å². The van der Waals surface area contributed by atoms with Crippen LogP contribution < -0.4 is 0 Å². The molecule has 1 aromatic rings. The smallest absolute Gasteiger partial charge is 0.252 e. The van der Waals surface area contributed by atoms with Gasteiger partial charge in [-0.2, -0.15) is 0 Å². The van der Waals surface area contributed by atoms with Gasteiger partial charge in [0.2, 0.25) is 0 Å². The zero-order valence-electron chi connectivity index (χ0n) is 10.8. The first-order valence-electron chi connectivity index (χ1n) is 6.77. The molecule has 2 unspecified atom stereocenters. The number of fused-ring (bicyclic) bond motifs is 1. The van der Waals surface area contributed by atoms with Crippen LogP contribution in [0.15, 0.2) is 24.3 Å². The first kappa shape index (κ1) is 11.7. The summed E-state index contributed by atoms with van der Waals surface area (Å²) in [6, 6.07) is 8.60. The van der Waals surface area contributed by atoms with E-state index in [-0.39, 0.29) is 18.1 Å². The SMILES string of the molecule is CC1c2ccccc2CCN1C(=O)C1CCCO1. The van der Waals surface area contributed by atoms with Crippen LogP contribution in [0.5, 0.6) is 0 Å². The molecule has 96 valence electrons. The third-order valence-electron chi connectivity index (χ3n) is 4.08. The van der Waals surface area contributed by atoms with Crippen LogP contribution in [0.1, 0.15) is 36.9 Å². The minimum Gasteiger partial charge on any atom is -0.368 e. The van der Waals surface area contributed by atoms with Crippen molar-refractivity contribution in [3.05, 3.63) is 35.4 Å². The molecule has 2 atom stereocenters. The fourth-order valence-electron chi connectivity index (χ4n) is 3.03. The molecule has 3 nitrogen and oxygen atoms in total. The highest BCUT2D eigenvalue weighted by Gasteiger charge is 2.33. The predicted octanol–water partition coefficient (Wildman–Crippen LogP) is 2.31. The minimum absolute atomic E-state index is 0.173. The van der Waals surface area contributed by atoms with Crippen LogP contribution in [-0.4, -0.2) is 30.1 Å². The lowest BCUT2D eigenvalue weighted by Gasteiger charge is -2.36. The number of ether oxygens (including phenoxy) is 1. The van der Waals surface area contributed by atoms with E-state index in [4.69, 9.17) is 4.74 Å². The van der Waals surface area contributed by atoms with Crippen molar-refractivity contribution in [3.8, 4) is 0 Å². The number of benzene rings is 1. The van der Waals surface area contributed by atoms with Gasteiger partial charge in [-0.1, -0.05) is 24.3 Å². The van der Waals surface area contributed by atoms with Crippen molar-refractivity contribution in [1.82, 2.24) is 4.90 Å². The van der Waals surface area contributed by atoms with E-state index in [0.717, 1.165) is 32.4 Å². The van der Waals surface area contributed by atoms with E-state index in [1.165, 1.54) is 11.1 Å². The maximum atomic E-state index is 12.4. The molecule has 18 heavy (non-hydrogen) atoms. The van der Waals surface area contributed by atoms with Gasteiger partial charge in [0.15, 0.2) is 0 Å². The zero-order chi connectivity index (χ0) is 12.5. The third kappa shape index (κ3) is 1.93. The summed E-state index contributed by atoms with van der Waals surface area (Å²) in [6.07, 6.45) is 2.65. The summed E-state index contributed by atoms with van der Waals surface area (Å²) in [6.45, 7) is 3.66. The van der Waals surface area contributed by atoms with Gasteiger partial charge in [-0.15, -0.1) is 0 Å². The number of rotatable bonds is 1. The van der Waals surface area contributed by atoms with Gasteiger partial charge in [-0.3, -0.25) is 4.79 Å². The van der Waals surface area contributed by atoms with Crippen LogP contribution in [0.4, 0.5) is 0 Å². The van der Waals surface area contributed by atoms with Gasteiger partial charge in [-0.25, -0.2) is 0 Å². The molecule has 0 saturated carbocycles. The largest absolute Gasteiger partial charge is 0.368 e. The Balaban J connectivity index is 1.81. The Hall–Kier alpha value is -1.35. The average molecular weight is 245 g/mol. The molecule has 1 amide bonds. The summed E-state index contributed by atoms with van der Waals surface area (Å²) in [5, 5.41) is 0. The first-order chi connectivity index (χ1) is 8.77. The van der Waals surface area contributed by atoms with Crippen LogP contribution in [0.3, 0.4) is 0 Å². The van der Waals surface area contributed by atoms with Gasteiger partial charge >= 0.3 is 0 Å². The maximum absolute atomic E-state index is 12.4. The summed E-state index contributed by atoms with van der Waals surface area (Å²) < 4.78 is 5.51. The van der Waals surface area contributed by atoms with Crippen molar-refractivity contribution in [2.24, 2.45) is 0 Å². The highest BCUT2D eigenvalue weighted by atomic mass is 16.5. The zero-order valence-corrected chi connectivity index (χ0v) is 10.8. The fraction of sp³-hybridized carbons (Fsp3) is 0.533. The summed E-state index contributed by atoms with van der Waals surface area (Å²) in [5.41, 5.74) is 2.66. The monoisotopic (exact) mass is 245 g/mol. The standard InChI is InChI=1S/C15H19NO2/c1-11-13-6-3-2-5-12(13)8-9-16(11)15(17)14-7-4-10-18-14/h2-3,5-6,11,14H,4,7-10H2,1H3. The number of carbonyl (C=O) groups excluding carboxylic acids is 1. The Morgan fingerprint density at radius 3 is 3.00 bits per heavy atom. The molecule has 1 saturated heterocycles. The van der Waals surface area contributed by atoms with E-state index in [1.54, 1.807) is 0 Å². The lowest BCUT2D eigenvalue weighted by molar-refractivity contribution is -0.143. The summed E-state index contributed by atoms with van der Waals surface area (Å²) in [5.74, 6) is 0.175. The van der Waals surface area contributed by atoms with Gasteiger partial charge in [0.1, 0.15) is 6.10 Å². The van der Waals surface area contributed by atoms with E-state index >= 15 is 0 Å². The Bertz CT molecular complexity index is 452. The number of amides is 1. The molecule has 0 bridgehead atoms. The fourth-order valence-corrected chi connectivity index (χ4v) is 3.03. The van der Waals surface area contributed by atoms with Crippen molar-refractivity contribution in [2.75, 3.05) is 13.2 Å². The second-order valence-electron chi connectivity index (χ2n) is 5.16. The quantitative estimate of drug-likeness (QED) is 0.760. The summed E-state index contributed by atoms with van der Waals surface area (Å²) in [4.78, 5) is 14.4. The number of carbonyl (C=O) groups is 1. The van der Waals surface area contributed by atoms with Crippen LogP contribution in [-0.2, 0) is 16.0 Å². The molecule has 3 heteroatoms. The molecule has 0 aliphatic carbocycles. The minimum atomic E-state index is -0.197. The Morgan fingerprint density at radius 2 is 2.22 bits per heavy atom. The Labute approximate surface area is 108 Å². The Morgan fingerprint density at radius 1 is 1.39 bits per heavy atom. The first-order valence-corrected chi connectivity index (χ1v) is 6.77. The van der Waals surface area contributed by atoms with Crippen molar-refractivity contribution < 1.29 is 9.53 Å². The summed E-state index contributed by atoms with van der Waals surface area (Å²) >= 11 is 0. The van der Waals surface area contributed by atoms with Gasteiger partial charge in [-0.05, 0) is 37.3 Å². The second kappa shape index (κ2) is 4.73. The van der Waals surface area contributed by atoms with E-state index in [9.17, 15) is 4.79 Å². The van der Waals surface area contributed by atoms with Gasteiger partial charge in [0.25, 0.3) is 5.91 Å². The van der Waals surface area contributed by atoms with Crippen LogP contribution in [0.2, 0.25) is 0 Å². The molecular weight excluding hydrogens is 226 g/mol. The molecule has 1 aromatic carbocycles. The molecule has 2 aliphatic rings. The van der Waals surface area contributed by atoms with Gasteiger partial charge < -0.3 is 9.64 Å². The number of nitrogens with zero attached hydrogens (tertiary/aromatic N) is 1. The lowest BCUT2D eigenvalue weighted by Crippen LogP contribution is -2.44. The lowest BCUT2D eigenvalue weighted by atomic mass is 9.93. The molecule has 0 spiro atoms. The van der Waals surface area contributed by atoms with Gasteiger partial charge in [0.05, 0.1) is 6.04 Å². The molecule has 0 aromatic heterocycles. The second-order valence-corrected chi connectivity index (χ2v) is 5.16. The van der Waals surface area contributed by atoms with Crippen molar-refractivity contribution in [3.63, 3.8) is 0 Å². The summed E-state index contributed by atoms with van der Waals surface area (Å²) in [7, 11) is 0. The molecule has 0 radical (unpaired) electrons. The van der Waals surface area contributed by atoms with Crippen LogP contribution in [0, 0.1) is 0 Å². The Kier molecular flexibility index (Phi) is 3.08. The predicted molar refractivity (Wildman–Crippen MR) is 69.2 cm³/mol. The number of hydrogen-bond acceptors (Lipinski definition) is 2. The molecule has 1 fully saturated rings. The molecule has 0 N–H and O–H groups in total. The molecule has 3 rings (SSSR count). The molecule has 2 heterocycles. The maximum Gasteiger partial charge on any atom is 0.252 e. The van der Waals surface area contributed by atoms with Crippen LogP contribution >= 0.6 is 0 Å². The van der Waals surface area contributed by atoms with E-state index in [0.29, 0.717) is 0 Å². The molecular formula is C15H19NO2. The number of hydrogen-bond donors (Lipinski definition) is 0. The third-order valence-corrected chi connectivity index (χ3v) is 4.08. The van der Waals surface area contributed by atoms with E-state index in [2.05, 4.69) is 31.2 Å². The van der Waals surface area contributed by atoms with E-state index < -0.39 is 0 Å². The molecule has 2 aliphatic heterocycles.